The van der Waals surface area contributed by atoms with E-state index in [0.717, 1.165) is 0 Å². The third-order valence-electron chi connectivity index (χ3n) is 4.98. The van der Waals surface area contributed by atoms with Gasteiger partial charge in [0.2, 0.25) is 0 Å². The molecule has 0 heterocycles. The zero-order chi connectivity index (χ0) is 20.6. The maximum atomic E-state index is 10.3. The molecule has 3 nitrogen and oxygen atoms in total. The van der Waals surface area contributed by atoms with Gasteiger partial charge in [-0.25, -0.2) is 8.42 Å². The minimum absolute atomic E-state index is 0.185. The summed E-state index contributed by atoms with van der Waals surface area (Å²) in [5.74, 6) is 0. The predicted octanol–water partition coefficient (Wildman–Crippen LogP) is 6.80. The minimum Gasteiger partial charge on any atom is -0.744 e. The van der Waals surface area contributed by atoms with Crippen molar-refractivity contribution in [2.45, 2.75) is 84.0 Å². The van der Waals surface area contributed by atoms with Crippen LogP contribution in [0, 0.1) is 0 Å². The van der Waals surface area contributed by atoms with Crippen LogP contribution in [0.25, 0.3) is 0 Å². The second-order valence-electron chi connectivity index (χ2n) is 7.42. The van der Waals surface area contributed by atoms with Crippen molar-refractivity contribution in [2.75, 3.05) is 24.6 Å². The number of unbranched alkanes of at least 4 members (excludes halogenated alkanes) is 4. The Bertz CT molecular complexity index is 521. The first-order chi connectivity index (χ1) is 12.8. The number of rotatable bonds is 13. The van der Waals surface area contributed by atoms with Crippen LogP contribution in [0.2, 0.25) is 0 Å². The first-order valence-electron chi connectivity index (χ1n) is 10.7. The van der Waals surface area contributed by atoms with E-state index in [0.29, 0.717) is 0 Å². The van der Waals surface area contributed by atoms with Gasteiger partial charge in [-0.3, -0.25) is 0 Å². The van der Waals surface area contributed by atoms with Gasteiger partial charge in [0.25, 0.3) is 0 Å². The molecule has 1 aromatic rings. The highest BCUT2D eigenvalue weighted by atomic mass is 32.2. The van der Waals surface area contributed by atoms with Crippen molar-refractivity contribution in [3.63, 3.8) is 0 Å². The molecule has 0 amide bonds. The molecule has 0 bridgehead atoms. The van der Waals surface area contributed by atoms with Crippen molar-refractivity contribution >= 4 is 17.4 Å². The molecule has 5 heteroatoms. The summed E-state index contributed by atoms with van der Waals surface area (Å²) in [7, 11) is -4.82. The molecule has 0 saturated heterocycles. The molecule has 1 aromatic carbocycles. The fraction of sp³-hybridized carbons (Fsp3) is 0.727. The molecule has 0 unspecified atom stereocenters. The van der Waals surface area contributed by atoms with Crippen molar-refractivity contribution in [3.05, 3.63) is 30.3 Å². The molecule has 0 aliphatic carbocycles. The smallest absolute Gasteiger partial charge is 0.124 e. The van der Waals surface area contributed by atoms with Gasteiger partial charge in [-0.15, -0.1) is 0 Å². The lowest BCUT2D eigenvalue weighted by molar-refractivity contribution is 0.463. The van der Waals surface area contributed by atoms with Gasteiger partial charge >= 0.3 is 0 Å². The van der Waals surface area contributed by atoms with Crippen LogP contribution in [-0.4, -0.2) is 37.6 Å². The average Bonchev–Trinajstić information content (AvgIpc) is 2.67. The number of hydrogen-bond donors (Lipinski definition) is 0. The van der Waals surface area contributed by atoms with Crippen LogP contribution < -0.4 is 0 Å². The average molecular weight is 417 g/mol. The molecule has 0 radical (unpaired) electrons. The van der Waals surface area contributed by atoms with E-state index < -0.39 is 17.4 Å². The summed E-state index contributed by atoms with van der Waals surface area (Å²) < 4.78 is 30.8. The Hall–Kier alpha value is -0.440. The molecule has 0 aliphatic rings. The van der Waals surface area contributed by atoms with Crippen LogP contribution >= 0.6 is 7.26 Å². The van der Waals surface area contributed by atoms with E-state index in [1.54, 1.807) is 30.7 Å². The van der Waals surface area contributed by atoms with Crippen molar-refractivity contribution < 1.29 is 13.0 Å². The molecule has 0 aromatic heterocycles. The largest absolute Gasteiger partial charge is 0.744 e. The lowest BCUT2D eigenvalue weighted by Crippen LogP contribution is -2.12. The van der Waals surface area contributed by atoms with Gasteiger partial charge in [0, 0.05) is 7.26 Å². The van der Waals surface area contributed by atoms with E-state index in [1.165, 1.54) is 75.6 Å². The van der Waals surface area contributed by atoms with Gasteiger partial charge in [-0.2, -0.15) is 0 Å². The highest BCUT2D eigenvalue weighted by molar-refractivity contribution is 7.85. The number of hydrogen-bond acceptors (Lipinski definition) is 3. The Balaban J connectivity index is 0.000000569. The molecular formula is C22H41O3PS. The van der Waals surface area contributed by atoms with E-state index in [4.69, 9.17) is 0 Å². The highest BCUT2D eigenvalue weighted by Crippen LogP contribution is 2.61. The molecule has 0 spiro atoms. The molecule has 1 rings (SSSR count). The fourth-order valence-electron chi connectivity index (χ4n) is 3.23. The Labute approximate surface area is 169 Å². The topological polar surface area (TPSA) is 57.2 Å². The third-order valence-corrected chi connectivity index (χ3v) is 10.9. The Morgan fingerprint density at radius 2 is 1.04 bits per heavy atom. The molecule has 0 aliphatic heterocycles. The Morgan fingerprint density at radius 3 is 1.26 bits per heavy atom. The SMILES string of the molecule is CCCC[P+](CCCC)(CCCC)CCCC.O=S(=O)([O-])c1ccccc1. The van der Waals surface area contributed by atoms with Gasteiger partial charge in [-0.05, 0) is 37.8 Å². The predicted molar refractivity (Wildman–Crippen MR) is 120 cm³/mol. The summed E-state index contributed by atoms with van der Waals surface area (Å²) in [6.45, 7) is 9.42. The molecule has 158 valence electrons. The van der Waals surface area contributed by atoms with E-state index >= 15 is 0 Å². The second kappa shape index (κ2) is 15.5. The first-order valence-corrected chi connectivity index (χ1v) is 14.6. The quantitative estimate of drug-likeness (QED) is 0.262. The van der Waals surface area contributed by atoms with Crippen molar-refractivity contribution in [3.8, 4) is 0 Å². The van der Waals surface area contributed by atoms with Crippen LogP contribution in [-0.2, 0) is 10.1 Å². The van der Waals surface area contributed by atoms with Crippen LogP contribution in [0.5, 0.6) is 0 Å². The van der Waals surface area contributed by atoms with Crippen molar-refractivity contribution in [1.82, 2.24) is 0 Å². The summed E-state index contributed by atoms with van der Waals surface area (Å²) in [5.41, 5.74) is 0. The van der Waals surface area contributed by atoms with Crippen LogP contribution in [0.15, 0.2) is 35.2 Å². The highest BCUT2D eigenvalue weighted by Gasteiger charge is 2.34. The lowest BCUT2D eigenvalue weighted by Gasteiger charge is -2.28. The van der Waals surface area contributed by atoms with Gasteiger partial charge in [0.15, 0.2) is 0 Å². The van der Waals surface area contributed by atoms with Crippen molar-refractivity contribution in [2.24, 2.45) is 0 Å². The standard InChI is InChI=1S/C16H36P.C6H6O3S/c1-5-9-13-17(14-10-6-2,15-11-7-3)16-12-8-4;7-10(8,9)6-4-2-1-3-5-6/h5-16H2,1-4H3;1-5H,(H,7,8,9)/q+1;/p-1. The van der Waals surface area contributed by atoms with Crippen LogP contribution in [0.3, 0.4) is 0 Å². The summed E-state index contributed by atoms with van der Waals surface area (Å²) in [5, 5.41) is 0. The minimum atomic E-state index is -4.25. The number of benzene rings is 1. The molecule has 27 heavy (non-hydrogen) atoms. The summed E-state index contributed by atoms with van der Waals surface area (Å²) in [4.78, 5) is -0.185. The van der Waals surface area contributed by atoms with Gasteiger partial charge in [0.1, 0.15) is 10.1 Å². The Morgan fingerprint density at radius 1 is 0.704 bits per heavy atom. The van der Waals surface area contributed by atoms with Gasteiger partial charge < -0.3 is 4.55 Å². The second-order valence-corrected chi connectivity index (χ2v) is 13.3. The fourth-order valence-corrected chi connectivity index (χ4v) is 9.01. The van der Waals surface area contributed by atoms with Crippen molar-refractivity contribution in [1.29, 1.82) is 0 Å². The monoisotopic (exact) mass is 416 g/mol. The zero-order valence-electron chi connectivity index (χ0n) is 18.0. The summed E-state index contributed by atoms with van der Waals surface area (Å²) in [6.07, 6.45) is 17.9. The third kappa shape index (κ3) is 12.6. The molecule has 0 atom stereocenters. The van der Waals surface area contributed by atoms with Gasteiger partial charge in [0.05, 0.1) is 29.5 Å². The molecule has 0 saturated carbocycles. The molecular weight excluding hydrogens is 375 g/mol. The Kier molecular flexibility index (Phi) is 15.2. The summed E-state index contributed by atoms with van der Waals surface area (Å²) >= 11 is 0. The summed E-state index contributed by atoms with van der Waals surface area (Å²) in [6, 6.07) is 7.19. The normalized spacial score (nSPS) is 11.7. The first kappa shape index (κ1) is 26.6. The van der Waals surface area contributed by atoms with Gasteiger partial charge in [-0.1, -0.05) is 71.6 Å². The zero-order valence-corrected chi connectivity index (χ0v) is 19.7. The lowest BCUT2D eigenvalue weighted by atomic mass is 10.4. The van der Waals surface area contributed by atoms with Crippen LogP contribution in [0.1, 0.15) is 79.1 Å². The van der Waals surface area contributed by atoms with E-state index in [9.17, 15) is 13.0 Å². The van der Waals surface area contributed by atoms with E-state index in [-0.39, 0.29) is 4.90 Å². The molecule has 0 fully saturated rings. The van der Waals surface area contributed by atoms with Crippen LogP contribution in [0.4, 0.5) is 0 Å². The maximum absolute atomic E-state index is 10.3. The maximum Gasteiger partial charge on any atom is 0.124 e. The van der Waals surface area contributed by atoms with E-state index in [2.05, 4.69) is 27.7 Å². The molecule has 0 N–H and O–H groups in total. The van der Waals surface area contributed by atoms with E-state index in [1.807, 2.05) is 0 Å².